The fourth-order valence-corrected chi connectivity index (χ4v) is 2.48. The van der Waals surface area contributed by atoms with Crippen LogP contribution < -0.4 is 0 Å². The van der Waals surface area contributed by atoms with E-state index in [1.165, 1.54) is 30.9 Å². The zero-order valence-corrected chi connectivity index (χ0v) is 12.9. The molecule has 2 atom stereocenters. The topological polar surface area (TPSA) is 29.5 Å². The van der Waals surface area contributed by atoms with Gasteiger partial charge in [-0.1, -0.05) is 12.1 Å². The van der Waals surface area contributed by atoms with Crippen molar-refractivity contribution >= 4 is 5.91 Å². The van der Waals surface area contributed by atoms with E-state index >= 15 is 0 Å². The van der Waals surface area contributed by atoms with E-state index in [1.807, 2.05) is 0 Å². The van der Waals surface area contributed by atoms with Gasteiger partial charge >= 0.3 is 0 Å². The van der Waals surface area contributed by atoms with E-state index in [2.05, 4.69) is 0 Å². The standard InChI is InChI=1S/C16H20F3NO2/c1-10-8-20(15(21)16(2,3)14(18)19)9-13(22-10)11-4-6-12(17)7-5-11/h4-7,10,13-14H,8-9H2,1-3H3/t10-,13-/m1/s1. The number of nitrogens with zero attached hydrogens (tertiary/aromatic N) is 1. The quantitative estimate of drug-likeness (QED) is 0.855. The summed E-state index contributed by atoms with van der Waals surface area (Å²) in [7, 11) is 0. The number of ether oxygens (including phenoxy) is 1. The Morgan fingerprint density at radius 1 is 1.27 bits per heavy atom. The first-order chi connectivity index (χ1) is 10.2. The van der Waals surface area contributed by atoms with Gasteiger partial charge in [-0.3, -0.25) is 4.79 Å². The van der Waals surface area contributed by atoms with E-state index in [0.29, 0.717) is 0 Å². The lowest BCUT2D eigenvalue weighted by Gasteiger charge is -2.40. The molecule has 0 radical (unpaired) electrons. The summed E-state index contributed by atoms with van der Waals surface area (Å²) in [6.07, 6.45) is -3.45. The van der Waals surface area contributed by atoms with Gasteiger partial charge in [0.15, 0.2) is 0 Å². The van der Waals surface area contributed by atoms with Gasteiger partial charge in [-0.2, -0.15) is 0 Å². The average molecular weight is 315 g/mol. The van der Waals surface area contributed by atoms with E-state index in [0.717, 1.165) is 5.56 Å². The summed E-state index contributed by atoms with van der Waals surface area (Å²) in [5, 5.41) is 0. The van der Waals surface area contributed by atoms with Crippen molar-refractivity contribution < 1.29 is 22.7 Å². The maximum Gasteiger partial charge on any atom is 0.252 e. The van der Waals surface area contributed by atoms with Crippen LogP contribution in [0.4, 0.5) is 13.2 Å². The second-order valence-electron chi connectivity index (χ2n) is 6.22. The second-order valence-corrected chi connectivity index (χ2v) is 6.22. The molecule has 122 valence electrons. The van der Waals surface area contributed by atoms with Crippen molar-refractivity contribution in [2.24, 2.45) is 5.41 Å². The number of halogens is 3. The molecule has 1 aromatic rings. The van der Waals surface area contributed by atoms with Crippen molar-refractivity contribution in [1.82, 2.24) is 4.90 Å². The number of benzene rings is 1. The van der Waals surface area contributed by atoms with Gasteiger partial charge in [0.25, 0.3) is 6.43 Å². The van der Waals surface area contributed by atoms with Crippen LogP contribution in [0.25, 0.3) is 0 Å². The van der Waals surface area contributed by atoms with Crippen molar-refractivity contribution in [3.8, 4) is 0 Å². The molecule has 1 aromatic carbocycles. The monoisotopic (exact) mass is 315 g/mol. The highest BCUT2D eigenvalue weighted by Crippen LogP contribution is 2.32. The summed E-state index contributed by atoms with van der Waals surface area (Å²) in [6, 6.07) is 5.79. The summed E-state index contributed by atoms with van der Waals surface area (Å²) >= 11 is 0. The van der Waals surface area contributed by atoms with Gasteiger partial charge in [-0.25, -0.2) is 13.2 Å². The third-order valence-electron chi connectivity index (χ3n) is 3.89. The number of carbonyl (C=O) groups is 1. The molecule has 0 unspecified atom stereocenters. The minimum absolute atomic E-state index is 0.185. The van der Waals surface area contributed by atoms with E-state index in [9.17, 15) is 18.0 Å². The van der Waals surface area contributed by atoms with Gasteiger partial charge in [0.05, 0.1) is 12.6 Å². The number of hydrogen-bond acceptors (Lipinski definition) is 2. The number of hydrogen-bond donors (Lipinski definition) is 0. The summed E-state index contributed by atoms with van der Waals surface area (Å²) in [5.41, 5.74) is -1.01. The first-order valence-corrected chi connectivity index (χ1v) is 7.20. The van der Waals surface area contributed by atoms with E-state index < -0.39 is 23.9 Å². The van der Waals surface area contributed by atoms with Crippen LogP contribution in [0.15, 0.2) is 24.3 Å². The molecule has 6 heteroatoms. The van der Waals surface area contributed by atoms with Crippen LogP contribution >= 0.6 is 0 Å². The van der Waals surface area contributed by atoms with Crippen molar-refractivity contribution in [3.63, 3.8) is 0 Å². The van der Waals surface area contributed by atoms with Crippen molar-refractivity contribution in [2.75, 3.05) is 13.1 Å². The SMILES string of the molecule is C[C@@H]1CN(C(=O)C(C)(C)C(F)F)C[C@H](c2ccc(F)cc2)O1. The molecular formula is C16H20F3NO2. The molecule has 0 N–H and O–H groups in total. The lowest BCUT2D eigenvalue weighted by atomic mass is 9.91. The highest BCUT2D eigenvalue weighted by atomic mass is 19.3. The highest BCUT2D eigenvalue weighted by molar-refractivity contribution is 5.82. The molecule has 1 aliphatic heterocycles. The molecule has 1 amide bonds. The van der Waals surface area contributed by atoms with Crippen LogP contribution in [0.3, 0.4) is 0 Å². The summed E-state index contributed by atoms with van der Waals surface area (Å²) in [4.78, 5) is 13.8. The minimum Gasteiger partial charge on any atom is -0.367 e. The second kappa shape index (κ2) is 6.28. The summed E-state index contributed by atoms with van der Waals surface area (Å²) in [5.74, 6) is -0.955. The number of carbonyl (C=O) groups excluding carboxylic acids is 1. The first-order valence-electron chi connectivity index (χ1n) is 7.20. The zero-order chi connectivity index (χ0) is 16.5. The minimum atomic E-state index is -2.73. The number of morpholine rings is 1. The van der Waals surface area contributed by atoms with Crippen LogP contribution in [0.5, 0.6) is 0 Å². The van der Waals surface area contributed by atoms with Crippen LogP contribution in [0, 0.1) is 11.2 Å². The molecule has 0 aromatic heterocycles. The molecule has 22 heavy (non-hydrogen) atoms. The Bertz CT molecular complexity index is 531. The Labute approximate surface area is 128 Å². The van der Waals surface area contributed by atoms with Gasteiger partial charge in [0.2, 0.25) is 5.91 Å². The molecule has 0 saturated carbocycles. The normalized spacial score (nSPS) is 23.0. The fraction of sp³-hybridized carbons (Fsp3) is 0.562. The molecule has 0 spiro atoms. The van der Waals surface area contributed by atoms with Crippen molar-refractivity contribution in [3.05, 3.63) is 35.6 Å². The van der Waals surface area contributed by atoms with Crippen LogP contribution in [-0.2, 0) is 9.53 Å². The Balaban J connectivity index is 2.17. The van der Waals surface area contributed by atoms with Gasteiger partial charge < -0.3 is 9.64 Å². The maximum atomic E-state index is 13.1. The molecule has 0 bridgehead atoms. The average Bonchev–Trinajstić information content (AvgIpc) is 2.46. The predicted molar refractivity (Wildman–Crippen MR) is 76.1 cm³/mol. The Hall–Kier alpha value is -1.56. The molecule has 2 rings (SSSR count). The number of alkyl halides is 2. The van der Waals surface area contributed by atoms with Crippen LogP contribution in [0.2, 0.25) is 0 Å². The van der Waals surface area contributed by atoms with Crippen LogP contribution in [0.1, 0.15) is 32.4 Å². The number of rotatable bonds is 3. The Morgan fingerprint density at radius 3 is 2.41 bits per heavy atom. The molecule has 1 saturated heterocycles. The molecule has 1 heterocycles. The third-order valence-corrected chi connectivity index (χ3v) is 3.89. The highest BCUT2D eigenvalue weighted by Gasteiger charge is 2.42. The summed E-state index contributed by atoms with van der Waals surface area (Å²) in [6.45, 7) is 4.73. The number of amides is 1. The van der Waals surface area contributed by atoms with Crippen molar-refractivity contribution in [2.45, 2.75) is 39.4 Å². The van der Waals surface area contributed by atoms with E-state index in [-0.39, 0.29) is 25.0 Å². The molecule has 0 aliphatic carbocycles. The van der Waals surface area contributed by atoms with Gasteiger partial charge in [0.1, 0.15) is 17.3 Å². The molecule has 1 aliphatic rings. The largest absolute Gasteiger partial charge is 0.367 e. The fourth-order valence-electron chi connectivity index (χ4n) is 2.48. The zero-order valence-electron chi connectivity index (χ0n) is 12.9. The van der Waals surface area contributed by atoms with E-state index in [1.54, 1.807) is 19.1 Å². The predicted octanol–water partition coefficient (Wildman–Crippen LogP) is 3.41. The van der Waals surface area contributed by atoms with Gasteiger partial charge in [-0.05, 0) is 38.5 Å². The summed E-state index contributed by atoms with van der Waals surface area (Å²) < 4.78 is 44.9. The molecule has 1 fully saturated rings. The first kappa shape index (κ1) is 16.8. The maximum absolute atomic E-state index is 13.1. The van der Waals surface area contributed by atoms with E-state index in [4.69, 9.17) is 4.74 Å². The van der Waals surface area contributed by atoms with Crippen molar-refractivity contribution in [1.29, 1.82) is 0 Å². The lowest BCUT2D eigenvalue weighted by molar-refractivity contribution is -0.161. The lowest BCUT2D eigenvalue weighted by Crippen LogP contribution is -2.52. The molecule has 3 nitrogen and oxygen atoms in total. The third kappa shape index (κ3) is 3.43. The smallest absolute Gasteiger partial charge is 0.252 e. The van der Waals surface area contributed by atoms with Gasteiger partial charge in [0, 0.05) is 6.54 Å². The van der Waals surface area contributed by atoms with Gasteiger partial charge in [-0.15, -0.1) is 0 Å². The molecular weight excluding hydrogens is 295 g/mol. The Morgan fingerprint density at radius 2 is 1.86 bits per heavy atom. The Kier molecular flexibility index (Phi) is 4.80. The van der Waals surface area contributed by atoms with Crippen LogP contribution in [-0.4, -0.2) is 36.4 Å².